The summed E-state index contributed by atoms with van der Waals surface area (Å²) in [7, 11) is 1.61. The molecule has 0 saturated carbocycles. The van der Waals surface area contributed by atoms with Gasteiger partial charge in [0.05, 0.1) is 12.9 Å². The first kappa shape index (κ1) is 16.4. The Balaban J connectivity index is 1.95. The molecule has 0 unspecified atom stereocenters. The van der Waals surface area contributed by atoms with Gasteiger partial charge in [-0.05, 0) is 45.0 Å². The van der Waals surface area contributed by atoms with Crippen LogP contribution in [0.2, 0.25) is 0 Å². The molecule has 0 aliphatic heterocycles. The van der Waals surface area contributed by atoms with Crippen LogP contribution in [-0.2, 0) is 4.79 Å². The molecule has 0 aliphatic carbocycles. The second-order valence-corrected chi connectivity index (χ2v) is 6.62. The summed E-state index contributed by atoms with van der Waals surface area (Å²) in [6.45, 7) is 5.80. The predicted octanol–water partition coefficient (Wildman–Crippen LogP) is 2.75. The molecule has 6 nitrogen and oxygen atoms in total. The second-order valence-electron chi connectivity index (χ2n) is 5.69. The molecule has 7 heteroatoms. The van der Waals surface area contributed by atoms with Crippen LogP contribution >= 0.6 is 11.8 Å². The summed E-state index contributed by atoms with van der Waals surface area (Å²) < 4.78 is 10.6. The lowest BCUT2D eigenvalue weighted by Crippen LogP contribution is -2.41. The molecule has 0 atom stereocenters. The Bertz CT molecular complexity index is 632. The standard InChI is InChI=1S/C15H19N3O3S/c1-15(2,3)16-12(19)9-22-14-18-17-13(21-14)10-5-7-11(20-4)8-6-10/h5-8H,9H2,1-4H3,(H,16,19). The Morgan fingerprint density at radius 3 is 2.55 bits per heavy atom. The monoisotopic (exact) mass is 321 g/mol. The van der Waals surface area contributed by atoms with Crippen molar-refractivity contribution in [1.29, 1.82) is 0 Å². The number of carbonyl (C=O) groups excluding carboxylic acids is 1. The Labute approximate surface area is 133 Å². The van der Waals surface area contributed by atoms with Crippen molar-refractivity contribution in [3.63, 3.8) is 0 Å². The van der Waals surface area contributed by atoms with Gasteiger partial charge in [0, 0.05) is 11.1 Å². The number of hydrogen-bond acceptors (Lipinski definition) is 6. The Morgan fingerprint density at radius 1 is 1.27 bits per heavy atom. The first-order chi connectivity index (χ1) is 10.4. The maximum atomic E-state index is 11.7. The van der Waals surface area contributed by atoms with Gasteiger partial charge in [-0.25, -0.2) is 0 Å². The average molecular weight is 321 g/mol. The van der Waals surface area contributed by atoms with Gasteiger partial charge in [-0.15, -0.1) is 10.2 Å². The highest BCUT2D eigenvalue weighted by Crippen LogP contribution is 2.24. The molecule has 0 aliphatic rings. The van der Waals surface area contributed by atoms with Crippen LogP contribution < -0.4 is 10.1 Å². The normalized spacial score (nSPS) is 11.3. The van der Waals surface area contributed by atoms with Crippen molar-refractivity contribution >= 4 is 17.7 Å². The van der Waals surface area contributed by atoms with E-state index in [1.165, 1.54) is 11.8 Å². The number of nitrogens with zero attached hydrogens (tertiary/aromatic N) is 2. The second kappa shape index (κ2) is 6.83. The third kappa shape index (κ3) is 4.77. The van der Waals surface area contributed by atoms with E-state index in [2.05, 4.69) is 15.5 Å². The number of methoxy groups -OCH3 is 1. The summed E-state index contributed by atoms with van der Waals surface area (Å²) >= 11 is 1.22. The molecule has 2 aromatic rings. The number of aromatic nitrogens is 2. The van der Waals surface area contributed by atoms with Gasteiger partial charge in [-0.2, -0.15) is 0 Å². The Hall–Kier alpha value is -2.02. The van der Waals surface area contributed by atoms with Crippen molar-refractivity contribution in [2.45, 2.75) is 31.5 Å². The number of benzene rings is 1. The molecule has 1 heterocycles. The molecule has 2 rings (SSSR count). The molecule has 0 saturated heterocycles. The van der Waals surface area contributed by atoms with Crippen LogP contribution in [0.4, 0.5) is 0 Å². The van der Waals surface area contributed by atoms with Crippen molar-refractivity contribution in [3.05, 3.63) is 24.3 Å². The van der Waals surface area contributed by atoms with Gasteiger partial charge >= 0.3 is 0 Å². The lowest BCUT2D eigenvalue weighted by atomic mass is 10.1. The van der Waals surface area contributed by atoms with Gasteiger partial charge < -0.3 is 14.5 Å². The van der Waals surface area contributed by atoms with E-state index < -0.39 is 0 Å². The highest BCUT2D eigenvalue weighted by atomic mass is 32.2. The maximum absolute atomic E-state index is 11.7. The quantitative estimate of drug-likeness (QED) is 0.853. The number of amides is 1. The van der Waals surface area contributed by atoms with Gasteiger partial charge in [-0.3, -0.25) is 4.79 Å². The largest absolute Gasteiger partial charge is 0.497 e. The highest BCUT2D eigenvalue weighted by molar-refractivity contribution is 7.99. The summed E-state index contributed by atoms with van der Waals surface area (Å²) in [6, 6.07) is 7.33. The highest BCUT2D eigenvalue weighted by Gasteiger charge is 2.15. The molecule has 0 spiro atoms. The number of rotatable bonds is 5. The smallest absolute Gasteiger partial charge is 0.277 e. The van der Waals surface area contributed by atoms with Crippen molar-refractivity contribution in [2.24, 2.45) is 0 Å². The van der Waals surface area contributed by atoms with E-state index in [1.807, 2.05) is 45.0 Å². The lowest BCUT2D eigenvalue weighted by Gasteiger charge is -2.19. The molecular formula is C15H19N3O3S. The van der Waals surface area contributed by atoms with E-state index in [-0.39, 0.29) is 17.2 Å². The number of nitrogens with one attached hydrogen (secondary N) is 1. The fourth-order valence-electron chi connectivity index (χ4n) is 1.70. The first-order valence-corrected chi connectivity index (χ1v) is 7.78. The predicted molar refractivity (Wildman–Crippen MR) is 84.9 cm³/mol. The first-order valence-electron chi connectivity index (χ1n) is 6.79. The summed E-state index contributed by atoms with van der Waals surface area (Å²) in [4.78, 5) is 11.7. The maximum Gasteiger partial charge on any atom is 0.277 e. The fraction of sp³-hybridized carbons (Fsp3) is 0.400. The van der Waals surface area contributed by atoms with E-state index in [0.717, 1.165) is 11.3 Å². The summed E-state index contributed by atoms with van der Waals surface area (Å²) in [5.74, 6) is 1.35. The van der Waals surface area contributed by atoms with Gasteiger partial charge in [0.2, 0.25) is 11.8 Å². The molecule has 22 heavy (non-hydrogen) atoms. The van der Waals surface area contributed by atoms with Crippen LogP contribution in [0.25, 0.3) is 11.5 Å². The van der Waals surface area contributed by atoms with E-state index in [1.54, 1.807) is 7.11 Å². The number of carbonyl (C=O) groups is 1. The minimum absolute atomic E-state index is 0.0679. The molecule has 1 amide bonds. The zero-order chi connectivity index (χ0) is 16.2. The van der Waals surface area contributed by atoms with Crippen LogP contribution in [-0.4, -0.2) is 34.5 Å². The summed E-state index contributed by atoms with van der Waals surface area (Å²) in [5, 5.41) is 11.2. The number of thioether (sulfide) groups is 1. The topological polar surface area (TPSA) is 77.2 Å². The molecule has 0 bridgehead atoms. The molecular weight excluding hydrogens is 302 g/mol. The lowest BCUT2D eigenvalue weighted by molar-refractivity contribution is -0.119. The number of ether oxygens (including phenoxy) is 1. The third-order valence-corrected chi connectivity index (χ3v) is 3.40. The van der Waals surface area contributed by atoms with Crippen LogP contribution in [0.15, 0.2) is 33.9 Å². The van der Waals surface area contributed by atoms with Gasteiger partial charge in [0.1, 0.15) is 5.75 Å². The average Bonchev–Trinajstić information content (AvgIpc) is 2.92. The van der Waals surface area contributed by atoms with Gasteiger partial charge in [0.25, 0.3) is 5.22 Å². The summed E-state index contributed by atoms with van der Waals surface area (Å²) in [6.07, 6.45) is 0. The minimum Gasteiger partial charge on any atom is -0.497 e. The van der Waals surface area contributed by atoms with Crippen LogP contribution in [0.5, 0.6) is 5.75 Å². The zero-order valence-electron chi connectivity index (χ0n) is 13.0. The van der Waals surface area contributed by atoms with Crippen LogP contribution in [0, 0.1) is 0 Å². The van der Waals surface area contributed by atoms with Gasteiger partial charge in [0.15, 0.2) is 0 Å². The SMILES string of the molecule is COc1ccc(-c2nnc(SCC(=O)NC(C)(C)C)o2)cc1. The van der Waals surface area contributed by atoms with Crippen LogP contribution in [0.3, 0.4) is 0 Å². The third-order valence-electron chi connectivity index (χ3n) is 2.58. The fourth-order valence-corrected chi connectivity index (χ4v) is 2.26. The Kier molecular flexibility index (Phi) is 5.07. The molecule has 0 fully saturated rings. The summed E-state index contributed by atoms with van der Waals surface area (Å²) in [5.41, 5.74) is 0.556. The molecule has 0 radical (unpaired) electrons. The molecule has 118 valence electrons. The van der Waals surface area contributed by atoms with Crippen molar-refractivity contribution < 1.29 is 13.9 Å². The van der Waals surface area contributed by atoms with Gasteiger partial charge in [-0.1, -0.05) is 11.8 Å². The van der Waals surface area contributed by atoms with Crippen molar-refractivity contribution in [2.75, 3.05) is 12.9 Å². The van der Waals surface area contributed by atoms with E-state index in [9.17, 15) is 4.79 Å². The molecule has 1 aromatic heterocycles. The molecule has 1 aromatic carbocycles. The van der Waals surface area contributed by atoms with Crippen molar-refractivity contribution in [3.8, 4) is 17.2 Å². The van der Waals surface area contributed by atoms with E-state index in [0.29, 0.717) is 11.1 Å². The van der Waals surface area contributed by atoms with E-state index in [4.69, 9.17) is 9.15 Å². The zero-order valence-corrected chi connectivity index (χ0v) is 13.9. The van der Waals surface area contributed by atoms with Crippen molar-refractivity contribution in [1.82, 2.24) is 15.5 Å². The molecule has 1 N–H and O–H groups in total. The van der Waals surface area contributed by atoms with Crippen LogP contribution in [0.1, 0.15) is 20.8 Å². The minimum atomic E-state index is -0.249. The van der Waals surface area contributed by atoms with E-state index >= 15 is 0 Å². The number of hydrogen-bond donors (Lipinski definition) is 1. The Morgan fingerprint density at radius 2 is 1.95 bits per heavy atom.